The molecule has 3 rings (SSSR count). The molecule has 3 aliphatic rings. The van der Waals surface area contributed by atoms with Gasteiger partial charge in [0, 0.05) is 18.6 Å². The van der Waals surface area contributed by atoms with Gasteiger partial charge in [-0.15, -0.1) is 0 Å². The predicted octanol–water partition coefficient (Wildman–Crippen LogP) is 2.20. The fraction of sp³-hybridized carbons (Fsp3) is 0.941. The van der Waals surface area contributed by atoms with E-state index in [1.165, 1.54) is 32.4 Å². The van der Waals surface area contributed by atoms with Crippen LogP contribution < -0.4 is 5.32 Å². The molecule has 0 aromatic rings. The van der Waals surface area contributed by atoms with Crippen LogP contribution in [0.1, 0.15) is 59.3 Å². The van der Waals surface area contributed by atoms with E-state index in [4.69, 9.17) is 0 Å². The van der Waals surface area contributed by atoms with Crippen LogP contribution in [0.4, 0.5) is 0 Å². The summed E-state index contributed by atoms with van der Waals surface area (Å²) in [5.41, 5.74) is 0. The molecule has 4 nitrogen and oxygen atoms in total. The minimum atomic E-state index is 0.0431. The highest BCUT2D eigenvalue weighted by Gasteiger charge is 2.45. The fourth-order valence-corrected chi connectivity index (χ4v) is 4.52. The topological polar surface area (TPSA) is 35.6 Å². The van der Waals surface area contributed by atoms with E-state index in [-0.39, 0.29) is 12.2 Å². The SMILES string of the molecule is CCC(C)C1NC(CC)N(C2CCN3CCCC3C2)C1=O. The van der Waals surface area contributed by atoms with E-state index in [0.717, 1.165) is 25.3 Å². The molecule has 3 saturated heterocycles. The monoisotopic (exact) mass is 293 g/mol. The number of carbonyl (C=O) groups excluding carboxylic acids is 1. The molecule has 3 heterocycles. The number of rotatable bonds is 4. The first-order chi connectivity index (χ1) is 10.2. The summed E-state index contributed by atoms with van der Waals surface area (Å²) in [5.74, 6) is 0.802. The Morgan fingerprint density at radius 1 is 1.24 bits per heavy atom. The number of hydrogen-bond acceptors (Lipinski definition) is 3. The Kier molecular flexibility index (Phi) is 4.55. The standard InChI is InChI=1S/C17H31N3O/c1-4-12(3)16-17(21)20(15(5-2)18-16)14-8-10-19-9-6-7-13(19)11-14/h12-16,18H,4-11H2,1-3H3. The van der Waals surface area contributed by atoms with Gasteiger partial charge in [0.25, 0.3) is 0 Å². The van der Waals surface area contributed by atoms with Gasteiger partial charge in [-0.2, -0.15) is 0 Å². The molecule has 1 N–H and O–H groups in total. The van der Waals surface area contributed by atoms with Crippen molar-refractivity contribution in [2.45, 2.75) is 83.6 Å². The minimum Gasteiger partial charge on any atom is -0.323 e. The largest absolute Gasteiger partial charge is 0.323 e. The quantitative estimate of drug-likeness (QED) is 0.863. The average molecular weight is 293 g/mol. The van der Waals surface area contributed by atoms with E-state index in [2.05, 4.69) is 35.9 Å². The van der Waals surface area contributed by atoms with Crippen LogP contribution in [0, 0.1) is 5.92 Å². The molecule has 120 valence electrons. The zero-order valence-corrected chi connectivity index (χ0v) is 13.8. The number of nitrogens with one attached hydrogen (secondary N) is 1. The Morgan fingerprint density at radius 2 is 2.05 bits per heavy atom. The van der Waals surface area contributed by atoms with E-state index in [9.17, 15) is 4.79 Å². The molecule has 5 atom stereocenters. The molecule has 0 saturated carbocycles. The highest BCUT2D eigenvalue weighted by molar-refractivity contribution is 5.85. The predicted molar refractivity (Wildman–Crippen MR) is 84.9 cm³/mol. The van der Waals surface area contributed by atoms with Crippen molar-refractivity contribution >= 4 is 5.91 Å². The maximum absolute atomic E-state index is 12.9. The lowest BCUT2D eigenvalue weighted by Gasteiger charge is -2.41. The summed E-state index contributed by atoms with van der Waals surface area (Å²) >= 11 is 0. The van der Waals surface area contributed by atoms with Gasteiger partial charge in [0.05, 0.1) is 12.2 Å². The van der Waals surface area contributed by atoms with Crippen LogP contribution in [0.5, 0.6) is 0 Å². The Hall–Kier alpha value is -0.610. The Bertz CT molecular complexity index is 386. The summed E-state index contributed by atoms with van der Waals surface area (Å²) < 4.78 is 0. The maximum Gasteiger partial charge on any atom is 0.241 e. The first-order valence-electron chi connectivity index (χ1n) is 8.98. The van der Waals surface area contributed by atoms with Crippen LogP contribution in [0.25, 0.3) is 0 Å². The van der Waals surface area contributed by atoms with Crippen LogP contribution in [0.3, 0.4) is 0 Å². The van der Waals surface area contributed by atoms with Gasteiger partial charge in [-0.1, -0.05) is 27.2 Å². The highest BCUT2D eigenvalue weighted by atomic mass is 16.2. The van der Waals surface area contributed by atoms with Gasteiger partial charge in [-0.05, 0) is 44.6 Å². The lowest BCUT2D eigenvalue weighted by atomic mass is 9.94. The van der Waals surface area contributed by atoms with Crippen LogP contribution >= 0.6 is 0 Å². The number of hydrogen-bond donors (Lipinski definition) is 1. The van der Waals surface area contributed by atoms with Crippen LogP contribution in [0.2, 0.25) is 0 Å². The fourth-order valence-electron chi connectivity index (χ4n) is 4.52. The second-order valence-corrected chi connectivity index (χ2v) is 7.21. The lowest BCUT2D eigenvalue weighted by molar-refractivity contribution is -0.134. The van der Waals surface area contributed by atoms with Gasteiger partial charge < -0.3 is 9.80 Å². The first-order valence-corrected chi connectivity index (χ1v) is 8.98. The van der Waals surface area contributed by atoms with Crippen molar-refractivity contribution < 1.29 is 4.79 Å². The summed E-state index contributed by atoms with van der Waals surface area (Å²) in [4.78, 5) is 17.8. The normalized spacial score (nSPS) is 38.8. The minimum absolute atomic E-state index is 0.0431. The number of amides is 1. The molecule has 21 heavy (non-hydrogen) atoms. The van der Waals surface area contributed by atoms with E-state index in [1.54, 1.807) is 0 Å². The molecule has 4 heteroatoms. The molecule has 3 aliphatic heterocycles. The smallest absolute Gasteiger partial charge is 0.241 e. The second kappa shape index (κ2) is 6.25. The molecule has 0 aromatic heterocycles. The molecule has 3 fully saturated rings. The van der Waals surface area contributed by atoms with Crippen molar-refractivity contribution in [3.8, 4) is 0 Å². The number of piperidine rings is 1. The number of fused-ring (bicyclic) bond motifs is 1. The van der Waals surface area contributed by atoms with Crippen LogP contribution in [-0.2, 0) is 4.79 Å². The zero-order chi connectivity index (χ0) is 15.0. The van der Waals surface area contributed by atoms with Crippen molar-refractivity contribution in [1.29, 1.82) is 0 Å². The van der Waals surface area contributed by atoms with Gasteiger partial charge in [0.1, 0.15) is 0 Å². The third-order valence-corrected chi connectivity index (χ3v) is 6.01. The molecule has 5 unspecified atom stereocenters. The molecule has 0 aromatic carbocycles. The molecular weight excluding hydrogens is 262 g/mol. The summed E-state index contributed by atoms with van der Waals surface area (Å²) in [6, 6.07) is 1.24. The summed E-state index contributed by atoms with van der Waals surface area (Å²) in [6.07, 6.45) is 7.37. The second-order valence-electron chi connectivity index (χ2n) is 7.21. The van der Waals surface area contributed by atoms with Gasteiger partial charge in [0.15, 0.2) is 0 Å². The Labute approximate surface area is 129 Å². The number of nitrogens with zero attached hydrogens (tertiary/aromatic N) is 2. The Morgan fingerprint density at radius 3 is 2.76 bits per heavy atom. The Balaban J connectivity index is 1.72. The molecule has 0 bridgehead atoms. The summed E-state index contributed by atoms with van der Waals surface area (Å²) in [7, 11) is 0. The lowest BCUT2D eigenvalue weighted by Crippen LogP contribution is -2.51. The van der Waals surface area contributed by atoms with Crippen LogP contribution in [-0.4, -0.2) is 53.1 Å². The first kappa shape index (κ1) is 15.3. The average Bonchev–Trinajstić information content (AvgIpc) is 3.09. The third-order valence-electron chi connectivity index (χ3n) is 6.01. The van der Waals surface area contributed by atoms with E-state index >= 15 is 0 Å². The maximum atomic E-state index is 12.9. The van der Waals surface area contributed by atoms with Crippen molar-refractivity contribution in [3.63, 3.8) is 0 Å². The van der Waals surface area contributed by atoms with Crippen molar-refractivity contribution in [1.82, 2.24) is 15.1 Å². The van der Waals surface area contributed by atoms with E-state index in [0.29, 0.717) is 17.9 Å². The number of carbonyl (C=O) groups is 1. The van der Waals surface area contributed by atoms with Crippen LogP contribution in [0.15, 0.2) is 0 Å². The van der Waals surface area contributed by atoms with E-state index < -0.39 is 0 Å². The van der Waals surface area contributed by atoms with Crippen molar-refractivity contribution in [2.75, 3.05) is 13.1 Å². The van der Waals surface area contributed by atoms with Gasteiger partial charge in [-0.25, -0.2) is 0 Å². The zero-order valence-electron chi connectivity index (χ0n) is 13.8. The van der Waals surface area contributed by atoms with Crippen molar-refractivity contribution in [2.24, 2.45) is 5.92 Å². The van der Waals surface area contributed by atoms with E-state index in [1.807, 2.05) is 0 Å². The summed E-state index contributed by atoms with van der Waals surface area (Å²) in [6.45, 7) is 9.03. The molecule has 0 aliphatic carbocycles. The molecule has 0 radical (unpaired) electrons. The van der Waals surface area contributed by atoms with Gasteiger partial charge >= 0.3 is 0 Å². The summed E-state index contributed by atoms with van der Waals surface area (Å²) in [5, 5.41) is 3.61. The highest BCUT2D eigenvalue weighted by Crippen LogP contribution is 2.33. The molecule has 0 spiro atoms. The van der Waals surface area contributed by atoms with Gasteiger partial charge in [-0.3, -0.25) is 10.1 Å². The third kappa shape index (κ3) is 2.72. The molecular formula is C17H31N3O. The molecule has 1 amide bonds. The van der Waals surface area contributed by atoms with Crippen molar-refractivity contribution in [3.05, 3.63) is 0 Å². The van der Waals surface area contributed by atoms with Gasteiger partial charge in [0.2, 0.25) is 5.91 Å².